The van der Waals surface area contributed by atoms with Crippen LogP contribution in [-0.2, 0) is 6.61 Å². The van der Waals surface area contributed by atoms with Crippen molar-refractivity contribution in [3.63, 3.8) is 0 Å². The molecule has 1 unspecified atom stereocenters. The lowest BCUT2D eigenvalue weighted by Gasteiger charge is -2.23. The van der Waals surface area contributed by atoms with E-state index in [2.05, 4.69) is 49.0 Å². The van der Waals surface area contributed by atoms with E-state index in [1.807, 2.05) is 0 Å². The molecule has 0 radical (unpaired) electrons. The van der Waals surface area contributed by atoms with Crippen molar-refractivity contribution in [2.24, 2.45) is 0 Å². The van der Waals surface area contributed by atoms with Gasteiger partial charge in [-0.3, -0.25) is 0 Å². The maximum absolute atomic E-state index is 9.44. The van der Waals surface area contributed by atoms with Gasteiger partial charge in [0.25, 0.3) is 0 Å². The number of aliphatic hydroxyl groups excluding tert-OH is 1. The average Bonchev–Trinajstić information content (AvgIpc) is 2.78. The van der Waals surface area contributed by atoms with E-state index in [0.29, 0.717) is 6.04 Å². The molecule has 0 aliphatic carbocycles. The van der Waals surface area contributed by atoms with Crippen LogP contribution in [0.2, 0.25) is 0 Å². The van der Waals surface area contributed by atoms with Crippen molar-refractivity contribution in [3.8, 4) is 0 Å². The lowest BCUT2D eigenvalue weighted by atomic mass is 10.1. The summed E-state index contributed by atoms with van der Waals surface area (Å²) >= 11 is 0. The van der Waals surface area contributed by atoms with E-state index in [1.54, 1.807) is 0 Å². The molecule has 1 heterocycles. The summed E-state index contributed by atoms with van der Waals surface area (Å²) < 4.78 is 0. The summed E-state index contributed by atoms with van der Waals surface area (Å²) in [4.78, 5) is 4.67. The molecule has 0 aromatic heterocycles. The summed E-state index contributed by atoms with van der Waals surface area (Å²) in [7, 11) is 4.27. The summed E-state index contributed by atoms with van der Waals surface area (Å²) in [6.45, 7) is 4.33. The molecule has 94 valence electrons. The molecular weight excluding hydrogens is 212 g/mol. The van der Waals surface area contributed by atoms with Gasteiger partial charge >= 0.3 is 0 Å². The largest absolute Gasteiger partial charge is 0.392 e. The maximum atomic E-state index is 9.44. The Bertz CT molecular complexity index is 390. The van der Waals surface area contributed by atoms with Crippen molar-refractivity contribution in [1.82, 2.24) is 4.90 Å². The highest BCUT2D eigenvalue weighted by atomic mass is 16.3. The van der Waals surface area contributed by atoms with Crippen molar-refractivity contribution >= 4 is 5.69 Å². The third kappa shape index (κ3) is 2.61. The number of anilines is 1. The lowest BCUT2D eigenvalue weighted by Crippen LogP contribution is -2.31. The Kier molecular flexibility index (Phi) is 3.69. The Hall–Kier alpha value is -1.06. The number of aryl methyl sites for hydroxylation is 1. The van der Waals surface area contributed by atoms with Crippen LogP contribution in [-0.4, -0.2) is 43.2 Å². The van der Waals surface area contributed by atoms with Crippen LogP contribution in [0.15, 0.2) is 18.2 Å². The van der Waals surface area contributed by atoms with Gasteiger partial charge in [0.15, 0.2) is 0 Å². The second-order valence-electron chi connectivity index (χ2n) is 5.14. The zero-order valence-corrected chi connectivity index (χ0v) is 11.0. The zero-order chi connectivity index (χ0) is 12.4. The maximum Gasteiger partial charge on any atom is 0.0702 e. The fourth-order valence-corrected chi connectivity index (χ4v) is 2.53. The molecule has 1 aromatic rings. The second-order valence-corrected chi connectivity index (χ2v) is 5.14. The van der Waals surface area contributed by atoms with E-state index in [9.17, 15) is 5.11 Å². The Morgan fingerprint density at radius 1 is 1.41 bits per heavy atom. The zero-order valence-electron chi connectivity index (χ0n) is 11.0. The van der Waals surface area contributed by atoms with Crippen molar-refractivity contribution < 1.29 is 5.11 Å². The summed E-state index contributed by atoms with van der Waals surface area (Å²) in [6, 6.07) is 6.97. The quantitative estimate of drug-likeness (QED) is 0.861. The number of likely N-dealkylation sites (N-methyl/N-ethyl adjacent to an activating group) is 1. The van der Waals surface area contributed by atoms with Crippen LogP contribution in [0.4, 0.5) is 5.69 Å². The predicted octanol–water partition coefficient (Wildman–Crippen LogP) is 1.63. The molecular formula is C14H22N2O. The van der Waals surface area contributed by atoms with E-state index in [1.165, 1.54) is 17.7 Å². The van der Waals surface area contributed by atoms with E-state index >= 15 is 0 Å². The summed E-state index contributed by atoms with van der Waals surface area (Å²) in [5.74, 6) is 0. The molecule has 1 N–H and O–H groups in total. The molecule has 17 heavy (non-hydrogen) atoms. The molecule has 3 nitrogen and oxygen atoms in total. The molecule has 0 amide bonds. The third-order valence-corrected chi connectivity index (χ3v) is 3.64. The van der Waals surface area contributed by atoms with E-state index in [0.717, 1.165) is 18.7 Å². The highest BCUT2D eigenvalue weighted by Gasteiger charge is 2.25. The van der Waals surface area contributed by atoms with Crippen LogP contribution >= 0.6 is 0 Å². The van der Waals surface area contributed by atoms with Gasteiger partial charge in [0.2, 0.25) is 0 Å². The van der Waals surface area contributed by atoms with Gasteiger partial charge in [-0.15, -0.1) is 0 Å². The lowest BCUT2D eigenvalue weighted by molar-refractivity contribution is 0.282. The molecule has 0 bridgehead atoms. The van der Waals surface area contributed by atoms with Crippen molar-refractivity contribution in [1.29, 1.82) is 0 Å². The fraction of sp³-hybridized carbons (Fsp3) is 0.571. The molecule has 2 rings (SSSR count). The highest BCUT2D eigenvalue weighted by molar-refractivity contribution is 5.55. The Labute approximate surface area is 104 Å². The van der Waals surface area contributed by atoms with Crippen LogP contribution in [0.3, 0.4) is 0 Å². The number of benzene rings is 1. The van der Waals surface area contributed by atoms with E-state index in [4.69, 9.17) is 0 Å². The first kappa shape index (κ1) is 12.4. The van der Waals surface area contributed by atoms with Crippen LogP contribution < -0.4 is 4.90 Å². The molecule has 0 spiro atoms. The number of aliphatic hydroxyl groups is 1. The number of hydrogen-bond acceptors (Lipinski definition) is 3. The molecule has 3 heteroatoms. The Morgan fingerprint density at radius 2 is 2.18 bits per heavy atom. The first-order valence-electron chi connectivity index (χ1n) is 6.23. The first-order valence-corrected chi connectivity index (χ1v) is 6.23. The van der Waals surface area contributed by atoms with Gasteiger partial charge in [-0.1, -0.05) is 17.7 Å². The first-order chi connectivity index (χ1) is 8.11. The standard InChI is InChI=1S/C14H22N2O/c1-11-4-5-14(12(8-11)10-17)16-7-6-13(9-16)15(2)3/h4-5,8,13,17H,6-7,9-10H2,1-3H3. The van der Waals surface area contributed by atoms with Crippen molar-refractivity contribution in [3.05, 3.63) is 29.3 Å². The summed E-state index contributed by atoms with van der Waals surface area (Å²) in [5, 5.41) is 9.44. The molecule has 1 aliphatic rings. The fourth-order valence-electron chi connectivity index (χ4n) is 2.53. The molecule has 1 aliphatic heterocycles. The third-order valence-electron chi connectivity index (χ3n) is 3.64. The van der Waals surface area contributed by atoms with Gasteiger partial charge in [-0.2, -0.15) is 0 Å². The predicted molar refractivity (Wildman–Crippen MR) is 71.4 cm³/mol. The monoisotopic (exact) mass is 234 g/mol. The number of rotatable bonds is 3. The molecule has 1 fully saturated rings. The molecule has 1 aromatic carbocycles. The normalized spacial score (nSPS) is 20.3. The van der Waals surface area contributed by atoms with Gasteiger partial charge in [0.1, 0.15) is 0 Å². The minimum absolute atomic E-state index is 0.125. The van der Waals surface area contributed by atoms with Crippen LogP contribution in [0.1, 0.15) is 17.5 Å². The molecule has 1 atom stereocenters. The Morgan fingerprint density at radius 3 is 2.76 bits per heavy atom. The minimum atomic E-state index is 0.125. The molecule has 0 saturated carbocycles. The summed E-state index contributed by atoms with van der Waals surface area (Å²) in [6.07, 6.45) is 1.20. The van der Waals surface area contributed by atoms with Crippen LogP contribution in [0.25, 0.3) is 0 Å². The number of nitrogens with zero attached hydrogens (tertiary/aromatic N) is 2. The number of hydrogen-bond donors (Lipinski definition) is 1. The SMILES string of the molecule is Cc1ccc(N2CCC(N(C)C)C2)c(CO)c1. The second kappa shape index (κ2) is 5.07. The van der Waals surface area contributed by atoms with Gasteiger partial charge in [-0.25, -0.2) is 0 Å². The van der Waals surface area contributed by atoms with Gasteiger partial charge in [0.05, 0.1) is 6.61 Å². The topological polar surface area (TPSA) is 26.7 Å². The smallest absolute Gasteiger partial charge is 0.0702 e. The van der Waals surface area contributed by atoms with Crippen molar-refractivity contribution in [2.75, 3.05) is 32.1 Å². The highest BCUT2D eigenvalue weighted by Crippen LogP contribution is 2.26. The van der Waals surface area contributed by atoms with Crippen LogP contribution in [0.5, 0.6) is 0 Å². The van der Waals surface area contributed by atoms with Crippen LogP contribution in [0, 0.1) is 6.92 Å². The minimum Gasteiger partial charge on any atom is -0.392 e. The van der Waals surface area contributed by atoms with Gasteiger partial charge < -0.3 is 14.9 Å². The average molecular weight is 234 g/mol. The van der Waals surface area contributed by atoms with Gasteiger partial charge in [0, 0.05) is 30.4 Å². The van der Waals surface area contributed by atoms with E-state index < -0.39 is 0 Å². The van der Waals surface area contributed by atoms with E-state index in [-0.39, 0.29) is 6.61 Å². The Balaban J connectivity index is 2.18. The molecule has 1 saturated heterocycles. The van der Waals surface area contributed by atoms with Gasteiger partial charge in [-0.05, 0) is 33.5 Å². The summed E-state index contributed by atoms with van der Waals surface area (Å²) in [5.41, 5.74) is 3.45. The van der Waals surface area contributed by atoms with Crippen molar-refractivity contribution in [2.45, 2.75) is 26.0 Å².